The number of hydrogen-bond donors (Lipinski definition) is 1. The van der Waals surface area contributed by atoms with Gasteiger partial charge in [0.05, 0.1) is 6.54 Å². The van der Waals surface area contributed by atoms with Crippen molar-refractivity contribution in [2.45, 2.75) is 32.2 Å². The lowest BCUT2D eigenvalue weighted by atomic mass is 9.94. The maximum atomic E-state index is 13.4. The second kappa shape index (κ2) is 7.94. The highest BCUT2D eigenvalue weighted by atomic mass is 16.7. The average molecular weight is 420 g/mol. The summed E-state index contributed by atoms with van der Waals surface area (Å²) in [6, 6.07) is 9.39. The van der Waals surface area contributed by atoms with Crippen LogP contribution in [0.15, 0.2) is 47.5 Å². The molecule has 2 aliphatic heterocycles. The highest BCUT2D eigenvalue weighted by Crippen LogP contribution is 2.32. The number of ether oxygens (including phenoxy) is 2. The van der Waals surface area contributed by atoms with Crippen molar-refractivity contribution in [1.82, 2.24) is 19.7 Å². The van der Waals surface area contributed by atoms with Crippen molar-refractivity contribution in [3.8, 4) is 11.5 Å². The number of amides is 1. The standard InChI is InChI=1S/C23H24N4O4/c1-15-7-10-27(12-16-4-5-19-20(11-16)31-14-30-19)23(29)21(15)22(28)26-9-2-3-17(13-26)18-6-8-24-25-18/h4-8,10-11,17H,2-3,9,12-14H2,1H3,(H,24,25). The molecule has 2 aliphatic rings. The highest BCUT2D eigenvalue weighted by Gasteiger charge is 2.29. The summed E-state index contributed by atoms with van der Waals surface area (Å²) in [6.45, 7) is 3.61. The minimum absolute atomic E-state index is 0.202. The molecule has 1 saturated heterocycles. The zero-order chi connectivity index (χ0) is 21.4. The van der Waals surface area contributed by atoms with E-state index < -0.39 is 0 Å². The topological polar surface area (TPSA) is 89.4 Å². The fourth-order valence-electron chi connectivity index (χ4n) is 4.35. The fraction of sp³-hybridized carbons (Fsp3) is 0.348. The number of likely N-dealkylation sites (tertiary alicyclic amines) is 1. The molecule has 0 bridgehead atoms. The summed E-state index contributed by atoms with van der Waals surface area (Å²) < 4.78 is 12.4. The first-order valence-corrected chi connectivity index (χ1v) is 10.5. The van der Waals surface area contributed by atoms with E-state index >= 15 is 0 Å². The van der Waals surface area contributed by atoms with E-state index in [9.17, 15) is 9.59 Å². The van der Waals surface area contributed by atoms with Gasteiger partial charge in [0.25, 0.3) is 11.5 Å². The number of carbonyl (C=O) groups excluding carboxylic acids is 1. The number of carbonyl (C=O) groups is 1. The number of aromatic amines is 1. The van der Waals surface area contributed by atoms with Gasteiger partial charge in [-0.3, -0.25) is 14.7 Å². The summed E-state index contributed by atoms with van der Waals surface area (Å²) in [7, 11) is 0. The molecule has 1 fully saturated rings. The number of aromatic nitrogens is 3. The minimum Gasteiger partial charge on any atom is -0.454 e. The highest BCUT2D eigenvalue weighted by molar-refractivity contribution is 5.95. The Bertz CT molecular complexity index is 1170. The molecule has 1 atom stereocenters. The van der Waals surface area contributed by atoms with Crippen molar-refractivity contribution < 1.29 is 14.3 Å². The molecular formula is C23H24N4O4. The second-order valence-corrected chi connectivity index (χ2v) is 8.10. The lowest BCUT2D eigenvalue weighted by Crippen LogP contribution is -2.42. The number of hydrogen-bond acceptors (Lipinski definition) is 5. The number of rotatable bonds is 4. The largest absolute Gasteiger partial charge is 0.454 e. The molecule has 1 unspecified atom stereocenters. The molecule has 1 amide bonds. The van der Waals surface area contributed by atoms with E-state index in [-0.39, 0.29) is 29.7 Å². The average Bonchev–Trinajstić information content (AvgIpc) is 3.47. The van der Waals surface area contributed by atoms with Crippen LogP contribution in [-0.4, -0.2) is 45.5 Å². The van der Waals surface area contributed by atoms with E-state index in [1.165, 1.54) is 0 Å². The van der Waals surface area contributed by atoms with Crippen LogP contribution in [0.3, 0.4) is 0 Å². The molecule has 1 aromatic carbocycles. The van der Waals surface area contributed by atoms with Gasteiger partial charge in [-0.2, -0.15) is 5.10 Å². The predicted octanol–water partition coefficient (Wildman–Crippen LogP) is 2.68. The Hall–Kier alpha value is -3.55. The Morgan fingerprint density at radius 1 is 1.23 bits per heavy atom. The molecule has 8 heteroatoms. The Morgan fingerprint density at radius 2 is 2.10 bits per heavy atom. The number of nitrogens with zero attached hydrogens (tertiary/aromatic N) is 3. The predicted molar refractivity (Wildman–Crippen MR) is 114 cm³/mol. The minimum atomic E-state index is -0.272. The molecule has 3 aromatic rings. The van der Waals surface area contributed by atoms with E-state index in [1.54, 1.807) is 21.9 Å². The summed E-state index contributed by atoms with van der Waals surface area (Å²) in [5.41, 5.74) is 2.61. The second-order valence-electron chi connectivity index (χ2n) is 8.10. The fourth-order valence-corrected chi connectivity index (χ4v) is 4.35. The smallest absolute Gasteiger partial charge is 0.263 e. The van der Waals surface area contributed by atoms with Gasteiger partial charge in [-0.1, -0.05) is 6.07 Å². The lowest BCUT2D eigenvalue weighted by molar-refractivity contribution is 0.0702. The summed E-state index contributed by atoms with van der Waals surface area (Å²) in [5, 5.41) is 7.04. The van der Waals surface area contributed by atoms with Crippen LogP contribution in [0.1, 0.15) is 45.9 Å². The molecule has 4 heterocycles. The normalized spacial score (nSPS) is 17.7. The monoisotopic (exact) mass is 420 g/mol. The zero-order valence-electron chi connectivity index (χ0n) is 17.3. The zero-order valence-corrected chi connectivity index (χ0v) is 17.3. The molecule has 0 radical (unpaired) electrons. The molecule has 0 saturated carbocycles. The summed E-state index contributed by atoms with van der Waals surface area (Å²) in [5.74, 6) is 1.38. The molecule has 0 aliphatic carbocycles. The number of pyridine rings is 1. The van der Waals surface area contributed by atoms with Gasteiger partial charge in [-0.25, -0.2) is 0 Å². The van der Waals surface area contributed by atoms with E-state index in [1.807, 2.05) is 37.3 Å². The Balaban J connectivity index is 1.40. The summed E-state index contributed by atoms with van der Waals surface area (Å²) in [4.78, 5) is 28.4. The van der Waals surface area contributed by atoms with Crippen LogP contribution in [0.2, 0.25) is 0 Å². The van der Waals surface area contributed by atoms with Crippen LogP contribution in [0.5, 0.6) is 11.5 Å². The van der Waals surface area contributed by atoms with Crippen LogP contribution >= 0.6 is 0 Å². The van der Waals surface area contributed by atoms with Crippen LogP contribution in [0, 0.1) is 6.92 Å². The molecule has 2 aromatic heterocycles. The molecule has 0 spiro atoms. The maximum absolute atomic E-state index is 13.4. The van der Waals surface area contributed by atoms with Gasteiger partial charge in [-0.15, -0.1) is 0 Å². The first-order chi connectivity index (χ1) is 15.1. The number of aryl methyl sites for hydroxylation is 1. The van der Waals surface area contributed by atoms with Gasteiger partial charge in [0.2, 0.25) is 6.79 Å². The van der Waals surface area contributed by atoms with Gasteiger partial charge >= 0.3 is 0 Å². The number of fused-ring (bicyclic) bond motifs is 1. The van der Waals surface area contributed by atoms with Crippen molar-refractivity contribution in [1.29, 1.82) is 0 Å². The van der Waals surface area contributed by atoms with Crippen molar-refractivity contribution in [3.63, 3.8) is 0 Å². The van der Waals surface area contributed by atoms with E-state index in [2.05, 4.69) is 10.2 Å². The molecule has 160 valence electrons. The third kappa shape index (κ3) is 3.69. The first-order valence-electron chi connectivity index (χ1n) is 10.5. The summed E-state index contributed by atoms with van der Waals surface area (Å²) >= 11 is 0. The lowest BCUT2D eigenvalue weighted by Gasteiger charge is -2.32. The quantitative estimate of drug-likeness (QED) is 0.701. The van der Waals surface area contributed by atoms with E-state index in [4.69, 9.17) is 9.47 Å². The molecule has 31 heavy (non-hydrogen) atoms. The van der Waals surface area contributed by atoms with Gasteiger partial charge in [0, 0.05) is 37.1 Å². The molecule has 1 N–H and O–H groups in total. The third-order valence-electron chi connectivity index (χ3n) is 6.05. The van der Waals surface area contributed by atoms with Gasteiger partial charge in [-0.05, 0) is 55.2 Å². The molecule has 8 nitrogen and oxygen atoms in total. The van der Waals surface area contributed by atoms with Crippen molar-refractivity contribution in [2.75, 3.05) is 19.9 Å². The number of nitrogens with one attached hydrogen (secondary N) is 1. The van der Waals surface area contributed by atoms with Gasteiger partial charge in [0.15, 0.2) is 11.5 Å². The van der Waals surface area contributed by atoms with Crippen LogP contribution in [-0.2, 0) is 6.54 Å². The molecule has 5 rings (SSSR count). The van der Waals surface area contributed by atoms with Crippen LogP contribution in [0.4, 0.5) is 0 Å². The SMILES string of the molecule is Cc1ccn(Cc2ccc3c(c2)OCO3)c(=O)c1C(=O)N1CCCC(c2ccn[nH]2)C1. The Kier molecular flexibility index (Phi) is 4.97. The van der Waals surface area contributed by atoms with Gasteiger partial charge in [0.1, 0.15) is 5.56 Å². The Labute approximate surface area is 179 Å². The summed E-state index contributed by atoms with van der Waals surface area (Å²) in [6.07, 6.45) is 5.36. The number of piperidine rings is 1. The number of benzene rings is 1. The number of H-pyrrole nitrogens is 1. The first kappa shape index (κ1) is 19.4. The van der Waals surface area contributed by atoms with Crippen molar-refractivity contribution >= 4 is 5.91 Å². The van der Waals surface area contributed by atoms with Crippen LogP contribution in [0.25, 0.3) is 0 Å². The third-order valence-corrected chi connectivity index (χ3v) is 6.05. The molecular weight excluding hydrogens is 396 g/mol. The maximum Gasteiger partial charge on any atom is 0.263 e. The van der Waals surface area contributed by atoms with Crippen molar-refractivity contribution in [3.05, 3.63) is 75.5 Å². The van der Waals surface area contributed by atoms with E-state index in [0.717, 1.165) is 24.1 Å². The van der Waals surface area contributed by atoms with Crippen molar-refractivity contribution in [2.24, 2.45) is 0 Å². The van der Waals surface area contributed by atoms with E-state index in [0.29, 0.717) is 36.7 Å². The van der Waals surface area contributed by atoms with Gasteiger partial charge < -0.3 is 18.9 Å². The van der Waals surface area contributed by atoms with Crippen LogP contribution < -0.4 is 15.0 Å². The Morgan fingerprint density at radius 3 is 2.94 bits per heavy atom.